The first-order chi connectivity index (χ1) is 7.17. The molecule has 82 valence electrons. The molecule has 0 aliphatic heterocycles. The van der Waals surface area contributed by atoms with Crippen molar-refractivity contribution in [2.45, 2.75) is 19.8 Å². The Kier molecular flexibility index (Phi) is 2.65. The third-order valence-electron chi connectivity index (χ3n) is 3.37. The zero-order valence-electron chi connectivity index (χ0n) is 9.25. The normalized spacial score (nSPS) is 30.3. The number of hydrogen-bond donors (Lipinski definition) is 1. The van der Waals surface area contributed by atoms with Gasteiger partial charge in [-0.15, -0.1) is 0 Å². The number of carbonyl (C=O) groups excluding carboxylic acids is 1. The SMILES string of the molecule is COC1=C(CN)C(=O)C[C@H]2CC2C(C)=C1. The number of hydrogen-bond acceptors (Lipinski definition) is 3. The molecule has 2 atom stereocenters. The largest absolute Gasteiger partial charge is 0.496 e. The monoisotopic (exact) mass is 207 g/mol. The van der Waals surface area contributed by atoms with Gasteiger partial charge in [-0.05, 0) is 31.3 Å². The lowest BCUT2D eigenvalue weighted by atomic mass is 9.98. The maximum absolute atomic E-state index is 11.9. The van der Waals surface area contributed by atoms with Crippen molar-refractivity contribution >= 4 is 5.78 Å². The van der Waals surface area contributed by atoms with Crippen molar-refractivity contribution in [2.75, 3.05) is 13.7 Å². The zero-order chi connectivity index (χ0) is 11.0. The molecule has 2 N–H and O–H groups in total. The molecule has 2 aliphatic rings. The second-order valence-corrected chi connectivity index (χ2v) is 4.37. The third-order valence-corrected chi connectivity index (χ3v) is 3.37. The van der Waals surface area contributed by atoms with E-state index in [0.29, 0.717) is 29.6 Å². The highest BCUT2D eigenvalue weighted by Crippen LogP contribution is 2.48. The number of carbonyl (C=O) groups is 1. The minimum absolute atomic E-state index is 0.158. The van der Waals surface area contributed by atoms with Crippen molar-refractivity contribution in [1.82, 2.24) is 0 Å². The summed E-state index contributed by atoms with van der Waals surface area (Å²) in [6.07, 6.45) is 3.75. The van der Waals surface area contributed by atoms with Crippen LogP contribution in [-0.4, -0.2) is 19.4 Å². The highest BCUT2D eigenvalue weighted by Gasteiger charge is 2.41. The Morgan fingerprint density at radius 1 is 1.60 bits per heavy atom. The molecule has 3 heteroatoms. The van der Waals surface area contributed by atoms with Crippen LogP contribution in [0.15, 0.2) is 23.0 Å². The number of fused-ring (bicyclic) bond motifs is 1. The Morgan fingerprint density at radius 2 is 2.33 bits per heavy atom. The van der Waals surface area contributed by atoms with Crippen LogP contribution >= 0.6 is 0 Å². The van der Waals surface area contributed by atoms with Crippen LogP contribution < -0.4 is 5.73 Å². The van der Waals surface area contributed by atoms with E-state index in [-0.39, 0.29) is 12.3 Å². The van der Waals surface area contributed by atoms with Gasteiger partial charge in [-0.1, -0.05) is 5.57 Å². The van der Waals surface area contributed by atoms with E-state index in [2.05, 4.69) is 6.92 Å². The molecule has 0 spiro atoms. The molecule has 1 unspecified atom stereocenters. The number of allylic oxidation sites excluding steroid dienone is 2. The van der Waals surface area contributed by atoms with E-state index in [1.54, 1.807) is 7.11 Å². The van der Waals surface area contributed by atoms with E-state index < -0.39 is 0 Å². The Balaban J connectivity index is 2.39. The van der Waals surface area contributed by atoms with Crippen molar-refractivity contribution in [3.8, 4) is 0 Å². The predicted molar refractivity (Wildman–Crippen MR) is 58.1 cm³/mol. The van der Waals surface area contributed by atoms with Crippen LogP contribution in [0.3, 0.4) is 0 Å². The van der Waals surface area contributed by atoms with Gasteiger partial charge in [0.1, 0.15) is 5.76 Å². The molecule has 2 rings (SSSR count). The van der Waals surface area contributed by atoms with Crippen LogP contribution in [0.25, 0.3) is 0 Å². The smallest absolute Gasteiger partial charge is 0.164 e. The first kappa shape index (κ1) is 10.4. The summed E-state index contributed by atoms with van der Waals surface area (Å²) < 4.78 is 5.24. The highest BCUT2D eigenvalue weighted by molar-refractivity contribution is 5.97. The summed E-state index contributed by atoms with van der Waals surface area (Å²) in [7, 11) is 1.59. The summed E-state index contributed by atoms with van der Waals surface area (Å²) in [5, 5.41) is 0. The van der Waals surface area contributed by atoms with Crippen molar-refractivity contribution in [3.05, 3.63) is 23.0 Å². The van der Waals surface area contributed by atoms with Gasteiger partial charge in [0.05, 0.1) is 12.7 Å². The Labute approximate surface area is 90.0 Å². The molecule has 1 saturated carbocycles. The number of ketones is 1. The molecule has 0 aromatic heterocycles. The van der Waals surface area contributed by atoms with Crippen LogP contribution in [0.4, 0.5) is 0 Å². The molecular formula is C12H17NO2. The number of nitrogens with two attached hydrogens (primary N) is 1. The first-order valence-electron chi connectivity index (χ1n) is 5.36. The third kappa shape index (κ3) is 1.84. The molecule has 0 saturated heterocycles. The predicted octanol–water partition coefficient (Wildman–Crippen LogP) is 1.40. The van der Waals surface area contributed by atoms with Gasteiger partial charge in [-0.2, -0.15) is 0 Å². The van der Waals surface area contributed by atoms with Gasteiger partial charge < -0.3 is 10.5 Å². The lowest BCUT2D eigenvalue weighted by Gasteiger charge is -2.13. The summed E-state index contributed by atoms with van der Waals surface area (Å²) in [4.78, 5) is 11.9. The van der Waals surface area contributed by atoms with Crippen LogP contribution in [-0.2, 0) is 9.53 Å². The summed E-state index contributed by atoms with van der Waals surface area (Å²) in [5.41, 5.74) is 7.55. The maximum Gasteiger partial charge on any atom is 0.164 e. The molecule has 0 heterocycles. The Morgan fingerprint density at radius 3 is 2.93 bits per heavy atom. The topological polar surface area (TPSA) is 52.3 Å². The summed E-state index contributed by atoms with van der Waals surface area (Å²) in [6.45, 7) is 2.37. The van der Waals surface area contributed by atoms with Crippen LogP contribution in [0.1, 0.15) is 19.8 Å². The van der Waals surface area contributed by atoms with E-state index in [1.807, 2.05) is 6.08 Å². The van der Waals surface area contributed by atoms with Crippen molar-refractivity contribution in [1.29, 1.82) is 0 Å². The van der Waals surface area contributed by atoms with Gasteiger partial charge in [-0.25, -0.2) is 0 Å². The Hall–Kier alpha value is -1.09. The number of ether oxygens (including phenoxy) is 1. The standard InChI is InChI=1S/C12H17NO2/c1-7-3-12(15-2)10(6-13)11(14)5-8-4-9(7)8/h3,8-9H,4-6,13H2,1-2H3/t8-,9?/m1/s1. The fourth-order valence-corrected chi connectivity index (χ4v) is 2.33. The van der Waals surface area contributed by atoms with Crippen molar-refractivity contribution < 1.29 is 9.53 Å². The Bertz CT molecular complexity index is 355. The van der Waals surface area contributed by atoms with E-state index in [9.17, 15) is 4.79 Å². The molecule has 3 nitrogen and oxygen atoms in total. The summed E-state index contributed by atoms with van der Waals surface area (Å²) in [6, 6.07) is 0. The van der Waals surface area contributed by atoms with Gasteiger partial charge in [0, 0.05) is 13.0 Å². The van der Waals surface area contributed by atoms with Gasteiger partial charge in [0.2, 0.25) is 0 Å². The number of Topliss-reactive ketones (excluding diaryl/α,β-unsaturated/α-hetero) is 1. The second kappa shape index (κ2) is 3.81. The van der Waals surface area contributed by atoms with E-state index in [0.717, 1.165) is 6.42 Å². The molecule has 0 aromatic carbocycles. The van der Waals surface area contributed by atoms with Crippen molar-refractivity contribution in [3.63, 3.8) is 0 Å². The van der Waals surface area contributed by atoms with Gasteiger partial charge in [-0.3, -0.25) is 4.79 Å². The second-order valence-electron chi connectivity index (χ2n) is 4.37. The number of methoxy groups -OCH3 is 1. The van der Waals surface area contributed by atoms with Gasteiger partial charge in [0.25, 0.3) is 0 Å². The molecule has 0 amide bonds. The average molecular weight is 207 g/mol. The molecule has 1 fully saturated rings. The lowest BCUT2D eigenvalue weighted by Crippen LogP contribution is -2.17. The summed E-state index contributed by atoms with van der Waals surface area (Å²) >= 11 is 0. The molecule has 0 bridgehead atoms. The average Bonchev–Trinajstić information content (AvgIpc) is 2.94. The maximum atomic E-state index is 11.9. The molecule has 0 radical (unpaired) electrons. The summed E-state index contributed by atoms with van der Waals surface area (Å²) in [5.74, 6) is 1.96. The lowest BCUT2D eigenvalue weighted by molar-refractivity contribution is -0.116. The molecule has 2 aliphatic carbocycles. The van der Waals surface area contributed by atoms with E-state index >= 15 is 0 Å². The quantitative estimate of drug-likeness (QED) is 0.744. The van der Waals surface area contributed by atoms with E-state index in [4.69, 9.17) is 10.5 Å². The zero-order valence-corrected chi connectivity index (χ0v) is 9.25. The minimum atomic E-state index is 0.158. The molecule has 0 aromatic rings. The molecular weight excluding hydrogens is 190 g/mol. The van der Waals surface area contributed by atoms with Crippen LogP contribution in [0.2, 0.25) is 0 Å². The fourth-order valence-electron chi connectivity index (χ4n) is 2.33. The van der Waals surface area contributed by atoms with Gasteiger partial charge >= 0.3 is 0 Å². The van der Waals surface area contributed by atoms with Crippen LogP contribution in [0, 0.1) is 11.8 Å². The van der Waals surface area contributed by atoms with Gasteiger partial charge in [0.15, 0.2) is 5.78 Å². The van der Waals surface area contributed by atoms with Crippen LogP contribution in [0.5, 0.6) is 0 Å². The van der Waals surface area contributed by atoms with E-state index in [1.165, 1.54) is 5.57 Å². The highest BCUT2D eigenvalue weighted by atomic mass is 16.5. The first-order valence-corrected chi connectivity index (χ1v) is 5.36. The fraction of sp³-hybridized carbons (Fsp3) is 0.583. The molecule has 15 heavy (non-hydrogen) atoms. The number of rotatable bonds is 2. The minimum Gasteiger partial charge on any atom is -0.496 e. The van der Waals surface area contributed by atoms with Crippen molar-refractivity contribution in [2.24, 2.45) is 17.6 Å².